The number of aromatic nitrogens is 1. The summed E-state index contributed by atoms with van der Waals surface area (Å²) in [6, 6.07) is 5.76. The second-order valence-electron chi connectivity index (χ2n) is 6.96. The van der Waals surface area contributed by atoms with Gasteiger partial charge in [0.2, 0.25) is 5.91 Å². The van der Waals surface area contributed by atoms with Gasteiger partial charge in [-0.25, -0.2) is 0 Å². The van der Waals surface area contributed by atoms with Crippen molar-refractivity contribution in [2.75, 3.05) is 19.6 Å². The summed E-state index contributed by atoms with van der Waals surface area (Å²) in [7, 11) is 0. The average molecular weight is 355 g/mol. The molecule has 0 aliphatic carbocycles. The molecule has 0 saturated carbocycles. The molecule has 2 saturated heterocycles. The highest BCUT2D eigenvalue weighted by molar-refractivity contribution is 7.08. The van der Waals surface area contributed by atoms with Crippen LogP contribution in [0.15, 0.2) is 41.4 Å². The lowest BCUT2D eigenvalue weighted by Crippen LogP contribution is -2.49. The topological polar surface area (TPSA) is 53.5 Å². The van der Waals surface area contributed by atoms with Crippen LogP contribution in [0, 0.1) is 5.41 Å². The first-order chi connectivity index (χ1) is 12.2. The summed E-state index contributed by atoms with van der Waals surface area (Å²) in [5.41, 5.74) is 1.39. The SMILES string of the molecule is O=C(c1ccsc1)N1CCCC2(CCN(Cc3cccnc3)C2=O)C1. The van der Waals surface area contributed by atoms with Gasteiger partial charge in [0.15, 0.2) is 0 Å². The Hall–Kier alpha value is -2.21. The molecule has 0 radical (unpaired) electrons. The fraction of sp³-hybridized carbons (Fsp3) is 0.421. The van der Waals surface area contributed by atoms with E-state index in [2.05, 4.69) is 4.98 Å². The summed E-state index contributed by atoms with van der Waals surface area (Å²) in [5, 5.41) is 3.80. The Labute approximate surface area is 151 Å². The highest BCUT2D eigenvalue weighted by atomic mass is 32.1. The molecule has 2 aliphatic heterocycles. The van der Waals surface area contributed by atoms with E-state index in [1.807, 2.05) is 45.0 Å². The summed E-state index contributed by atoms with van der Waals surface area (Å²) >= 11 is 1.53. The third-order valence-corrected chi connectivity index (χ3v) is 6.01. The van der Waals surface area contributed by atoms with Gasteiger partial charge >= 0.3 is 0 Å². The minimum Gasteiger partial charge on any atom is -0.338 e. The third kappa shape index (κ3) is 3.06. The summed E-state index contributed by atoms with van der Waals surface area (Å²) in [6.45, 7) is 2.65. The lowest BCUT2D eigenvalue weighted by Gasteiger charge is -2.39. The van der Waals surface area contributed by atoms with Crippen molar-refractivity contribution in [2.24, 2.45) is 5.41 Å². The molecule has 2 aromatic heterocycles. The maximum Gasteiger partial charge on any atom is 0.254 e. The highest BCUT2D eigenvalue weighted by Gasteiger charge is 2.49. The number of rotatable bonds is 3. The second-order valence-corrected chi connectivity index (χ2v) is 7.74. The number of amides is 2. The van der Waals surface area contributed by atoms with Crippen molar-refractivity contribution in [1.82, 2.24) is 14.8 Å². The van der Waals surface area contributed by atoms with Crippen LogP contribution in [0.1, 0.15) is 35.2 Å². The average Bonchev–Trinajstić information content (AvgIpc) is 3.28. The smallest absolute Gasteiger partial charge is 0.254 e. The van der Waals surface area contributed by atoms with Crippen LogP contribution in [-0.2, 0) is 11.3 Å². The molecule has 0 aromatic carbocycles. The Morgan fingerprint density at radius 2 is 2.20 bits per heavy atom. The van der Waals surface area contributed by atoms with Crippen molar-refractivity contribution in [3.63, 3.8) is 0 Å². The van der Waals surface area contributed by atoms with Gasteiger partial charge in [0.25, 0.3) is 5.91 Å². The molecule has 25 heavy (non-hydrogen) atoms. The number of hydrogen-bond acceptors (Lipinski definition) is 4. The molecule has 4 heterocycles. The molecule has 1 spiro atoms. The summed E-state index contributed by atoms with van der Waals surface area (Å²) in [5.74, 6) is 0.248. The molecule has 1 unspecified atom stereocenters. The first-order valence-corrected chi connectivity index (χ1v) is 9.62. The lowest BCUT2D eigenvalue weighted by molar-refractivity contribution is -0.138. The molecule has 130 valence electrons. The van der Waals surface area contributed by atoms with Gasteiger partial charge in [0.05, 0.1) is 11.0 Å². The van der Waals surface area contributed by atoms with Crippen LogP contribution in [0.4, 0.5) is 0 Å². The van der Waals surface area contributed by atoms with Crippen molar-refractivity contribution in [1.29, 1.82) is 0 Å². The van der Waals surface area contributed by atoms with Crippen LogP contribution in [0.3, 0.4) is 0 Å². The number of hydrogen-bond donors (Lipinski definition) is 0. The maximum absolute atomic E-state index is 13.1. The predicted octanol–water partition coefficient (Wildman–Crippen LogP) is 2.80. The fourth-order valence-electron chi connectivity index (χ4n) is 4.01. The molecule has 2 aromatic rings. The van der Waals surface area contributed by atoms with E-state index >= 15 is 0 Å². The van der Waals surface area contributed by atoms with E-state index in [0.717, 1.165) is 43.5 Å². The van der Waals surface area contributed by atoms with Crippen molar-refractivity contribution in [3.05, 3.63) is 52.5 Å². The Balaban J connectivity index is 1.48. The van der Waals surface area contributed by atoms with Crippen LogP contribution in [0.25, 0.3) is 0 Å². The van der Waals surface area contributed by atoms with Crippen molar-refractivity contribution < 1.29 is 9.59 Å². The Morgan fingerprint density at radius 3 is 2.96 bits per heavy atom. The van der Waals surface area contributed by atoms with E-state index in [1.165, 1.54) is 11.3 Å². The minimum absolute atomic E-state index is 0.0545. The zero-order valence-electron chi connectivity index (χ0n) is 14.1. The van der Waals surface area contributed by atoms with Gasteiger partial charge in [0, 0.05) is 44.0 Å². The zero-order valence-corrected chi connectivity index (χ0v) is 14.9. The lowest BCUT2D eigenvalue weighted by atomic mass is 9.78. The van der Waals surface area contributed by atoms with Crippen molar-refractivity contribution in [3.8, 4) is 0 Å². The molecule has 6 heteroatoms. The predicted molar refractivity (Wildman–Crippen MR) is 96.2 cm³/mol. The number of carbonyl (C=O) groups is 2. The van der Waals surface area contributed by atoms with Gasteiger partial charge in [-0.1, -0.05) is 6.07 Å². The van der Waals surface area contributed by atoms with E-state index in [0.29, 0.717) is 13.1 Å². The van der Waals surface area contributed by atoms with Gasteiger partial charge < -0.3 is 9.80 Å². The number of pyridine rings is 1. The maximum atomic E-state index is 13.1. The molecule has 2 aliphatic rings. The number of nitrogens with zero attached hydrogens (tertiary/aromatic N) is 3. The second kappa shape index (κ2) is 6.59. The molecule has 5 nitrogen and oxygen atoms in total. The molecule has 1 atom stereocenters. The van der Waals surface area contributed by atoms with Crippen molar-refractivity contribution >= 4 is 23.2 Å². The Bertz CT molecular complexity index is 762. The van der Waals surface area contributed by atoms with Crippen LogP contribution < -0.4 is 0 Å². The molecular weight excluding hydrogens is 334 g/mol. The van der Waals surface area contributed by atoms with Crippen molar-refractivity contribution in [2.45, 2.75) is 25.8 Å². The number of piperidine rings is 1. The van der Waals surface area contributed by atoms with Crippen LogP contribution >= 0.6 is 11.3 Å². The summed E-state index contributed by atoms with van der Waals surface area (Å²) < 4.78 is 0. The number of carbonyl (C=O) groups excluding carboxylic acids is 2. The monoisotopic (exact) mass is 355 g/mol. The molecule has 2 fully saturated rings. The van der Waals surface area contributed by atoms with Crippen LogP contribution in [0.2, 0.25) is 0 Å². The molecule has 0 N–H and O–H groups in total. The Morgan fingerprint density at radius 1 is 1.28 bits per heavy atom. The largest absolute Gasteiger partial charge is 0.338 e. The zero-order chi connectivity index (χ0) is 17.3. The van der Waals surface area contributed by atoms with E-state index in [4.69, 9.17) is 0 Å². The molecule has 2 amide bonds. The molecule has 0 bridgehead atoms. The first-order valence-electron chi connectivity index (χ1n) is 8.68. The molecular formula is C19H21N3O2S. The number of thiophene rings is 1. The Kier molecular flexibility index (Phi) is 4.29. The van der Waals surface area contributed by atoms with Gasteiger partial charge in [-0.05, 0) is 42.3 Å². The summed E-state index contributed by atoms with van der Waals surface area (Å²) in [6.07, 6.45) is 6.15. The molecule has 4 rings (SSSR count). The van der Waals surface area contributed by atoms with E-state index in [9.17, 15) is 9.59 Å². The van der Waals surface area contributed by atoms with Crippen LogP contribution in [0.5, 0.6) is 0 Å². The van der Waals surface area contributed by atoms with Crippen LogP contribution in [-0.4, -0.2) is 46.2 Å². The normalized spacial score (nSPS) is 23.4. The van der Waals surface area contributed by atoms with E-state index in [-0.39, 0.29) is 11.8 Å². The van der Waals surface area contributed by atoms with Gasteiger partial charge in [0.1, 0.15) is 0 Å². The fourth-order valence-corrected chi connectivity index (χ4v) is 4.64. The minimum atomic E-state index is -0.397. The first kappa shape index (κ1) is 16.3. The standard InChI is InChI=1S/C19H21N3O2S/c23-17(16-4-10-25-13-16)22-8-2-5-19(14-22)6-9-21(18(19)24)12-15-3-1-7-20-11-15/h1,3-4,7,10-11,13H,2,5-6,8-9,12,14H2. The quantitative estimate of drug-likeness (QED) is 0.851. The van der Waals surface area contributed by atoms with Gasteiger partial charge in [-0.15, -0.1) is 0 Å². The van der Waals surface area contributed by atoms with E-state index in [1.54, 1.807) is 6.20 Å². The number of likely N-dealkylation sites (tertiary alicyclic amines) is 2. The highest BCUT2D eigenvalue weighted by Crippen LogP contribution is 2.41. The van der Waals surface area contributed by atoms with Gasteiger partial charge in [-0.2, -0.15) is 11.3 Å². The third-order valence-electron chi connectivity index (χ3n) is 5.33. The van der Waals surface area contributed by atoms with Gasteiger partial charge in [-0.3, -0.25) is 14.6 Å². The van der Waals surface area contributed by atoms with E-state index < -0.39 is 5.41 Å². The summed E-state index contributed by atoms with van der Waals surface area (Å²) in [4.78, 5) is 33.7.